The molecule has 3 aromatic heterocycles. The van der Waals surface area contributed by atoms with Crippen LogP contribution < -0.4 is 4.90 Å². The molecular weight excluding hydrogens is 340 g/mol. The Morgan fingerprint density at radius 2 is 1.69 bits per heavy atom. The van der Waals surface area contributed by atoms with Crippen molar-refractivity contribution in [3.63, 3.8) is 0 Å². The second-order valence-electron chi connectivity index (χ2n) is 5.95. The Bertz CT molecular complexity index is 1010. The fourth-order valence-electron chi connectivity index (χ4n) is 3.02. The summed E-state index contributed by atoms with van der Waals surface area (Å²) < 4.78 is 0. The van der Waals surface area contributed by atoms with Crippen molar-refractivity contribution < 1.29 is 0 Å². The van der Waals surface area contributed by atoms with Crippen molar-refractivity contribution in [1.82, 2.24) is 15.0 Å². The van der Waals surface area contributed by atoms with Gasteiger partial charge < -0.3 is 4.90 Å². The van der Waals surface area contributed by atoms with Gasteiger partial charge >= 0.3 is 0 Å². The summed E-state index contributed by atoms with van der Waals surface area (Å²) in [4.78, 5) is 18.6. The van der Waals surface area contributed by atoms with Crippen molar-refractivity contribution in [2.75, 3.05) is 18.0 Å². The van der Waals surface area contributed by atoms with Crippen molar-refractivity contribution in [2.45, 2.75) is 13.8 Å². The number of anilines is 1. The van der Waals surface area contributed by atoms with Crippen LogP contribution in [0.2, 0.25) is 0 Å². The zero-order valence-electron chi connectivity index (χ0n) is 14.9. The van der Waals surface area contributed by atoms with Gasteiger partial charge in [0.25, 0.3) is 0 Å². The topological polar surface area (TPSA) is 41.9 Å². The summed E-state index contributed by atoms with van der Waals surface area (Å²) >= 11 is 1.71. The Morgan fingerprint density at radius 3 is 2.38 bits per heavy atom. The fraction of sp³-hybridized carbons (Fsp3) is 0.190. The quantitative estimate of drug-likeness (QED) is 0.486. The van der Waals surface area contributed by atoms with Gasteiger partial charge in [-0.15, -0.1) is 11.3 Å². The molecule has 0 unspecified atom stereocenters. The SMILES string of the molecule is CCN(CC)c1nc(-c2ccccn2)nc2sc(-c3ccccc3)cc12. The first-order valence-corrected chi connectivity index (χ1v) is 9.65. The lowest BCUT2D eigenvalue weighted by Gasteiger charge is -2.21. The molecule has 0 spiro atoms. The summed E-state index contributed by atoms with van der Waals surface area (Å²) in [7, 11) is 0. The zero-order valence-corrected chi connectivity index (χ0v) is 15.7. The van der Waals surface area contributed by atoms with Crippen LogP contribution in [0.5, 0.6) is 0 Å². The molecule has 1 aromatic carbocycles. The van der Waals surface area contributed by atoms with Crippen LogP contribution in [0.3, 0.4) is 0 Å². The lowest BCUT2D eigenvalue weighted by atomic mass is 10.2. The lowest BCUT2D eigenvalue weighted by molar-refractivity contribution is 0.850. The average molecular weight is 360 g/mol. The molecule has 0 amide bonds. The molecule has 0 bridgehead atoms. The number of aromatic nitrogens is 3. The molecule has 0 radical (unpaired) electrons. The maximum absolute atomic E-state index is 4.88. The maximum Gasteiger partial charge on any atom is 0.181 e. The molecule has 0 fully saturated rings. The van der Waals surface area contributed by atoms with E-state index in [1.54, 1.807) is 17.5 Å². The molecule has 26 heavy (non-hydrogen) atoms. The van der Waals surface area contributed by atoms with Gasteiger partial charge in [0.1, 0.15) is 16.3 Å². The minimum atomic E-state index is 0.682. The lowest BCUT2D eigenvalue weighted by Crippen LogP contribution is -2.23. The normalized spacial score (nSPS) is 11.0. The summed E-state index contributed by atoms with van der Waals surface area (Å²) in [6.07, 6.45) is 1.78. The summed E-state index contributed by atoms with van der Waals surface area (Å²) in [5, 5.41) is 1.11. The van der Waals surface area contributed by atoms with Crippen molar-refractivity contribution in [3.05, 3.63) is 60.8 Å². The fourth-order valence-corrected chi connectivity index (χ4v) is 4.06. The van der Waals surface area contributed by atoms with Crippen LogP contribution >= 0.6 is 11.3 Å². The zero-order chi connectivity index (χ0) is 17.9. The van der Waals surface area contributed by atoms with E-state index in [0.717, 1.165) is 34.8 Å². The van der Waals surface area contributed by atoms with Crippen molar-refractivity contribution in [2.24, 2.45) is 0 Å². The predicted octanol–water partition coefficient (Wildman–Crippen LogP) is 5.27. The van der Waals surface area contributed by atoms with Gasteiger partial charge in [-0.1, -0.05) is 36.4 Å². The monoisotopic (exact) mass is 360 g/mol. The van der Waals surface area contributed by atoms with Gasteiger partial charge in [0.2, 0.25) is 0 Å². The van der Waals surface area contributed by atoms with Crippen LogP contribution in [-0.2, 0) is 0 Å². The number of rotatable bonds is 5. The van der Waals surface area contributed by atoms with Crippen LogP contribution in [0.15, 0.2) is 60.8 Å². The first-order chi connectivity index (χ1) is 12.8. The van der Waals surface area contributed by atoms with Crippen LogP contribution in [0.4, 0.5) is 5.82 Å². The average Bonchev–Trinajstić information content (AvgIpc) is 3.14. The predicted molar refractivity (Wildman–Crippen MR) is 110 cm³/mol. The molecule has 0 saturated carbocycles. The highest BCUT2D eigenvalue weighted by molar-refractivity contribution is 7.21. The van der Waals surface area contributed by atoms with E-state index < -0.39 is 0 Å². The third-order valence-corrected chi connectivity index (χ3v) is 5.47. The number of fused-ring (bicyclic) bond motifs is 1. The van der Waals surface area contributed by atoms with Crippen LogP contribution in [0, 0.1) is 0 Å². The molecule has 4 rings (SSSR count). The third kappa shape index (κ3) is 3.06. The maximum atomic E-state index is 4.88. The third-order valence-electron chi connectivity index (χ3n) is 4.39. The van der Waals surface area contributed by atoms with E-state index in [0.29, 0.717) is 5.82 Å². The van der Waals surface area contributed by atoms with Crippen LogP contribution in [0.1, 0.15) is 13.8 Å². The molecule has 0 atom stereocenters. The summed E-state index contributed by atoms with van der Waals surface area (Å²) in [6.45, 7) is 6.12. The highest BCUT2D eigenvalue weighted by atomic mass is 32.1. The van der Waals surface area contributed by atoms with Gasteiger partial charge in [-0.05, 0) is 37.6 Å². The van der Waals surface area contributed by atoms with Crippen LogP contribution in [-0.4, -0.2) is 28.0 Å². The Labute approximate surface area is 157 Å². The summed E-state index contributed by atoms with van der Waals surface area (Å²) in [6, 6.07) is 18.5. The van der Waals surface area contributed by atoms with E-state index >= 15 is 0 Å². The minimum Gasteiger partial charge on any atom is -0.357 e. The minimum absolute atomic E-state index is 0.682. The molecule has 0 aliphatic heterocycles. The van der Waals surface area contributed by atoms with Gasteiger partial charge in [-0.3, -0.25) is 4.98 Å². The standard InChI is InChI=1S/C21H20N4S/c1-3-25(4-2)20-16-14-18(15-10-6-5-7-11-15)26-21(16)24-19(23-20)17-12-8-9-13-22-17/h5-14H,3-4H2,1-2H3. The molecule has 3 heterocycles. The summed E-state index contributed by atoms with van der Waals surface area (Å²) in [5.74, 6) is 1.67. The molecule has 0 aliphatic carbocycles. The molecule has 130 valence electrons. The molecule has 0 N–H and O–H groups in total. The Hall–Kier alpha value is -2.79. The molecule has 4 nitrogen and oxygen atoms in total. The first-order valence-electron chi connectivity index (χ1n) is 8.83. The van der Waals surface area contributed by atoms with Gasteiger partial charge in [0.15, 0.2) is 5.82 Å². The van der Waals surface area contributed by atoms with E-state index in [4.69, 9.17) is 9.97 Å². The van der Waals surface area contributed by atoms with E-state index in [1.807, 2.05) is 24.3 Å². The van der Waals surface area contributed by atoms with E-state index in [1.165, 1.54) is 10.4 Å². The molecule has 4 aromatic rings. The summed E-state index contributed by atoms with van der Waals surface area (Å²) in [5.41, 5.74) is 2.01. The number of benzene rings is 1. The van der Waals surface area contributed by atoms with E-state index in [9.17, 15) is 0 Å². The highest BCUT2D eigenvalue weighted by Gasteiger charge is 2.17. The van der Waals surface area contributed by atoms with Gasteiger partial charge in [0, 0.05) is 24.2 Å². The van der Waals surface area contributed by atoms with Crippen LogP contribution in [0.25, 0.3) is 32.2 Å². The second kappa shape index (κ2) is 7.22. The molecule has 0 aliphatic rings. The second-order valence-corrected chi connectivity index (χ2v) is 6.98. The molecular formula is C21H20N4S. The Kier molecular flexibility index (Phi) is 4.63. The smallest absolute Gasteiger partial charge is 0.181 e. The Morgan fingerprint density at radius 1 is 0.923 bits per heavy atom. The first kappa shape index (κ1) is 16.7. The number of hydrogen-bond donors (Lipinski definition) is 0. The largest absolute Gasteiger partial charge is 0.357 e. The van der Waals surface area contributed by atoms with Gasteiger partial charge in [0.05, 0.1) is 5.39 Å². The number of thiophene rings is 1. The van der Waals surface area contributed by atoms with Gasteiger partial charge in [-0.25, -0.2) is 9.97 Å². The van der Waals surface area contributed by atoms with Gasteiger partial charge in [-0.2, -0.15) is 0 Å². The Balaban J connectivity index is 1.94. The number of pyridine rings is 1. The van der Waals surface area contributed by atoms with Crippen molar-refractivity contribution in [1.29, 1.82) is 0 Å². The number of hydrogen-bond acceptors (Lipinski definition) is 5. The van der Waals surface area contributed by atoms with E-state index in [2.05, 4.69) is 54.1 Å². The number of nitrogens with zero attached hydrogens (tertiary/aromatic N) is 4. The van der Waals surface area contributed by atoms with Crippen molar-refractivity contribution in [3.8, 4) is 22.0 Å². The van der Waals surface area contributed by atoms with E-state index in [-0.39, 0.29) is 0 Å². The molecule has 5 heteroatoms. The molecule has 0 saturated heterocycles. The van der Waals surface area contributed by atoms with Crippen molar-refractivity contribution >= 4 is 27.4 Å². The highest BCUT2D eigenvalue weighted by Crippen LogP contribution is 2.37.